The van der Waals surface area contributed by atoms with Crippen molar-refractivity contribution in [3.05, 3.63) is 47.3 Å². The molecule has 2 fully saturated rings. The molecule has 2 aliphatic rings. The van der Waals surface area contributed by atoms with Crippen molar-refractivity contribution in [1.29, 1.82) is 0 Å². The number of piperidine rings is 1. The Morgan fingerprint density at radius 1 is 1.07 bits per heavy atom. The molecule has 1 aromatic carbocycles. The summed E-state index contributed by atoms with van der Waals surface area (Å²) in [5.41, 5.74) is 2.50. The van der Waals surface area contributed by atoms with Gasteiger partial charge in [0.15, 0.2) is 0 Å². The van der Waals surface area contributed by atoms with Gasteiger partial charge in [-0.05, 0) is 67.8 Å². The number of ether oxygens (including phenoxy) is 1. The van der Waals surface area contributed by atoms with E-state index in [0.29, 0.717) is 25.0 Å². The molecule has 0 unspecified atom stereocenters. The second-order valence-corrected chi connectivity index (χ2v) is 9.12. The maximum Gasteiger partial charge on any atom is 0.120 e. The highest BCUT2D eigenvalue weighted by Crippen LogP contribution is 2.37. The molecule has 1 saturated heterocycles. The first kappa shape index (κ1) is 19.8. The molecule has 1 aliphatic carbocycles. The summed E-state index contributed by atoms with van der Waals surface area (Å²) in [5.74, 6) is 0.494. The average Bonchev–Trinajstić information content (AvgIpc) is 3.42. The standard InChI is InChI=1S/C24H31NO2S/c26-16-4-6-21-22(25-14-2-1-3-15-25)12-13-23(21)27-18-19-8-10-20(11-9-19)24-7-5-17-28-24/h5,7-11,16-17,21-23H,1-4,6,12-15,18H2/t21-,22+,23+/m0/s1. The van der Waals surface area contributed by atoms with Crippen molar-refractivity contribution in [2.75, 3.05) is 13.1 Å². The number of hydrogen-bond donors (Lipinski definition) is 0. The Kier molecular flexibility index (Phi) is 6.95. The lowest BCUT2D eigenvalue weighted by atomic mass is 9.93. The number of benzene rings is 1. The summed E-state index contributed by atoms with van der Waals surface area (Å²) in [4.78, 5) is 15.0. The van der Waals surface area contributed by atoms with Crippen molar-refractivity contribution in [1.82, 2.24) is 4.90 Å². The minimum atomic E-state index is 0.281. The van der Waals surface area contributed by atoms with Gasteiger partial charge in [-0.15, -0.1) is 11.3 Å². The number of likely N-dealkylation sites (tertiary alicyclic amines) is 1. The number of aldehydes is 1. The molecule has 1 saturated carbocycles. The van der Waals surface area contributed by atoms with Crippen molar-refractivity contribution in [2.45, 2.75) is 63.7 Å². The zero-order valence-corrected chi connectivity index (χ0v) is 17.4. The molecule has 2 aromatic rings. The first-order valence-corrected chi connectivity index (χ1v) is 11.7. The van der Waals surface area contributed by atoms with Crippen molar-refractivity contribution in [3.63, 3.8) is 0 Å². The van der Waals surface area contributed by atoms with Crippen LogP contribution in [-0.4, -0.2) is 36.4 Å². The lowest BCUT2D eigenvalue weighted by Gasteiger charge is -2.36. The molecule has 0 spiro atoms. The first-order valence-electron chi connectivity index (χ1n) is 10.8. The molecule has 0 N–H and O–H groups in total. The summed E-state index contributed by atoms with van der Waals surface area (Å²) < 4.78 is 6.41. The Morgan fingerprint density at radius 2 is 1.89 bits per heavy atom. The Morgan fingerprint density at radius 3 is 2.61 bits per heavy atom. The van der Waals surface area contributed by atoms with Gasteiger partial charge in [-0.2, -0.15) is 0 Å². The minimum absolute atomic E-state index is 0.281. The van der Waals surface area contributed by atoms with E-state index in [2.05, 4.69) is 46.7 Å². The summed E-state index contributed by atoms with van der Waals surface area (Å²) >= 11 is 1.77. The number of thiophene rings is 1. The second kappa shape index (κ2) is 9.82. The number of hydrogen-bond acceptors (Lipinski definition) is 4. The Bertz CT molecular complexity index is 722. The molecule has 3 atom stereocenters. The van der Waals surface area contributed by atoms with Crippen LogP contribution in [0.4, 0.5) is 0 Å². The maximum atomic E-state index is 11.0. The molecule has 2 heterocycles. The van der Waals surface area contributed by atoms with Crippen molar-refractivity contribution in [3.8, 4) is 10.4 Å². The third-order valence-electron chi connectivity index (χ3n) is 6.42. The Hall–Kier alpha value is -1.49. The fourth-order valence-electron chi connectivity index (χ4n) is 4.97. The molecule has 28 heavy (non-hydrogen) atoms. The molecular formula is C24H31NO2S. The van der Waals surface area contributed by atoms with Crippen LogP contribution in [0.3, 0.4) is 0 Å². The van der Waals surface area contributed by atoms with E-state index in [1.165, 1.54) is 54.8 Å². The molecule has 3 nitrogen and oxygen atoms in total. The molecule has 4 heteroatoms. The van der Waals surface area contributed by atoms with Crippen LogP contribution in [0.25, 0.3) is 10.4 Å². The van der Waals surface area contributed by atoms with E-state index in [9.17, 15) is 4.79 Å². The first-order chi connectivity index (χ1) is 13.8. The molecule has 0 radical (unpaired) electrons. The number of carbonyl (C=O) groups excluding carboxylic acids is 1. The van der Waals surface area contributed by atoms with Gasteiger partial charge in [-0.1, -0.05) is 36.8 Å². The molecule has 4 rings (SSSR count). The summed E-state index contributed by atoms with van der Waals surface area (Å²) in [7, 11) is 0. The van der Waals surface area contributed by atoms with Crippen LogP contribution in [0.2, 0.25) is 0 Å². The van der Waals surface area contributed by atoms with E-state index in [1.54, 1.807) is 11.3 Å². The fraction of sp³-hybridized carbons (Fsp3) is 0.542. The van der Waals surface area contributed by atoms with E-state index in [4.69, 9.17) is 4.74 Å². The topological polar surface area (TPSA) is 29.5 Å². The monoisotopic (exact) mass is 397 g/mol. The van der Waals surface area contributed by atoms with Crippen LogP contribution in [-0.2, 0) is 16.1 Å². The number of rotatable bonds is 8. The summed E-state index contributed by atoms with van der Waals surface area (Å²) in [6, 6.07) is 13.6. The van der Waals surface area contributed by atoms with Crippen molar-refractivity contribution >= 4 is 17.6 Å². The third kappa shape index (κ3) is 4.73. The largest absolute Gasteiger partial charge is 0.373 e. The summed E-state index contributed by atoms with van der Waals surface area (Å²) in [6.07, 6.45) is 9.32. The molecule has 0 amide bonds. The van der Waals surface area contributed by atoms with Crippen LogP contribution in [0, 0.1) is 5.92 Å². The van der Waals surface area contributed by atoms with Gasteiger partial charge < -0.3 is 14.4 Å². The SMILES string of the molecule is O=CCC[C@H]1[C@H](N2CCCCC2)CC[C@H]1OCc1ccc(-c2cccs2)cc1. The van der Waals surface area contributed by atoms with Crippen molar-refractivity contribution in [2.24, 2.45) is 5.92 Å². The van der Waals surface area contributed by atoms with Gasteiger partial charge in [-0.3, -0.25) is 0 Å². The van der Waals surface area contributed by atoms with E-state index >= 15 is 0 Å². The van der Waals surface area contributed by atoms with E-state index in [0.717, 1.165) is 19.1 Å². The lowest BCUT2D eigenvalue weighted by Crippen LogP contribution is -2.43. The molecule has 1 aliphatic heterocycles. The van der Waals surface area contributed by atoms with E-state index in [1.807, 2.05) is 0 Å². The summed E-state index contributed by atoms with van der Waals surface area (Å²) in [5, 5.41) is 2.12. The van der Waals surface area contributed by atoms with Crippen LogP contribution < -0.4 is 0 Å². The van der Waals surface area contributed by atoms with Gasteiger partial charge in [0.2, 0.25) is 0 Å². The van der Waals surface area contributed by atoms with Crippen LogP contribution >= 0.6 is 11.3 Å². The normalized spacial score (nSPS) is 25.8. The predicted molar refractivity (Wildman–Crippen MR) is 116 cm³/mol. The van der Waals surface area contributed by atoms with Gasteiger partial charge in [0, 0.05) is 23.3 Å². The zero-order valence-electron chi connectivity index (χ0n) is 16.6. The molecule has 1 aromatic heterocycles. The summed E-state index contributed by atoms with van der Waals surface area (Å²) in [6.45, 7) is 3.11. The highest BCUT2D eigenvalue weighted by molar-refractivity contribution is 7.13. The van der Waals surface area contributed by atoms with Gasteiger partial charge >= 0.3 is 0 Å². The predicted octanol–water partition coefficient (Wildman–Crippen LogP) is 5.54. The van der Waals surface area contributed by atoms with Crippen LogP contribution in [0.5, 0.6) is 0 Å². The third-order valence-corrected chi connectivity index (χ3v) is 7.34. The van der Waals surface area contributed by atoms with Gasteiger partial charge in [-0.25, -0.2) is 0 Å². The molecule has 150 valence electrons. The van der Waals surface area contributed by atoms with Gasteiger partial charge in [0.25, 0.3) is 0 Å². The van der Waals surface area contributed by atoms with Gasteiger partial charge in [0.1, 0.15) is 6.29 Å². The highest BCUT2D eigenvalue weighted by atomic mass is 32.1. The number of carbonyl (C=O) groups is 1. The van der Waals surface area contributed by atoms with Gasteiger partial charge in [0.05, 0.1) is 12.7 Å². The average molecular weight is 398 g/mol. The maximum absolute atomic E-state index is 11.0. The van der Waals surface area contributed by atoms with Crippen LogP contribution in [0.1, 0.15) is 50.5 Å². The quantitative estimate of drug-likeness (QED) is 0.547. The fourth-order valence-corrected chi connectivity index (χ4v) is 5.70. The molecule has 0 bridgehead atoms. The molecular weight excluding hydrogens is 366 g/mol. The lowest BCUT2D eigenvalue weighted by molar-refractivity contribution is -0.108. The number of nitrogens with zero attached hydrogens (tertiary/aromatic N) is 1. The highest BCUT2D eigenvalue weighted by Gasteiger charge is 2.39. The Balaban J connectivity index is 1.36. The second-order valence-electron chi connectivity index (χ2n) is 8.17. The Labute approximate surface area is 172 Å². The zero-order chi connectivity index (χ0) is 19.2. The van der Waals surface area contributed by atoms with Crippen LogP contribution in [0.15, 0.2) is 41.8 Å². The van der Waals surface area contributed by atoms with Crippen molar-refractivity contribution < 1.29 is 9.53 Å². The van der Waals surface area contributed by atoms with E-state index < -0.39 is 0 Å². The van der Waals surface area contributed by atoms with E-state index in [-0.39, 0.29) is 6.10 Å². The minimum Gasteiger partial charge on any atom is -0.373 e. The smallest absolute Gasteiger partial charge is 0.120 e.